The number of ether oxygens (including phenoxy) is 2. The molecule has 0 saturated carbocycles. The Balaban J connectivity index is 0.000000867. The van der Waals surface area contributed by atoms with Crippen molar-refractivity contribution in [1.29, 1.82) is 0 Å². The van der Waals surface area contributed by atoms with Gasteiger partial charge in [-0.25, -0.2) is 0 Å². The fourth-order valence-electron chi connectivity index (χ4n) is 2.08. The van der Waals surface area contributed by atoms with Crippen molar-refractivity contribution in [2.45, 2.75) is 34.3 Å². The zero-order valence-electron chi connectivity index (χ0n) is 18.5. The first-order chi connectivity index (χ1) is 15.1. The second-order valence-corrected chi connectivity index (χ2v) is 6.04. The predicted octanol–water partition coefficient (Wildman–Crippen LogP) is 7.68. The maximum atomic E-state index is 9.45. The largest absolute Gasteiger partial charge is 0.485 e. The van der Waals surface area contributed by atoms with E-state index in [1.807, 2.05) is 107 Å². The number of anilines is 1. The summed E-state index contributed by atoms with van der Waals surface area (Å²) in [6, 6.07) is 25.0. The van der Waals surface area contributed by atoms with Crippen molar-refractivity contribution in [1.82, 2.24) is 0 Å². The fourth-order valence-corrected chi connectivity index (χ4v) is 2.08. The average molecular weight is 464 g/mol. The Morgan fingerprint density at radius 1 is 0.774 bits per heavy atom. The van der Waals surface area contributed by atoms with Gasteiger partial charge in [0.05, 0.1) is 11.6 Å². The van der Waals surface area contributed by atoms with Crippen molar-refractivity contribution in [2.75, 3.05) is 11.6 Å². The minimum Gasteiger partial charge on any atom is -0.485 e. The molecule has 6 heteroatoms. The number of nitrogens with two attached hydrogens (primary N) is 1. The molecule has 0 heterocycles. The normalized spacial score (nSPS) is 8.84. The number of benzene rings is 3. The number of rotatable bonds is 6. The van der Waals surface area contributed by atoms with Crippen molar-refractivity contribution in [3.8, 4) is 17.2 Å². The molecule has 31 heavy (non-hydrogen) atoms. The summed E-state index contributed by atoms with van der Waals surface area (Å²) in [5.74, 6) is 1.87. The van der Waals surface area contributed by atoms with Crippen LogP contribution in [0.15, 0.2) is 78.9 Å². The highest BCUT2D eigenvalue weighted by Crippen LogP contribution is 2.34. The number of hydrogen-bond acceptors (Lipinski definition) is 4. The average Bonchev–Trinajstić information content (AvgIpc) is 2.83. The van der Waals surface area contributed by atoms with Crippen molar-refractivity contribution in [3.05, 3.63) is 84.4 Å². The van der Waals surface area contributed by atoms with E-state index in [-0.39, 0.29) is 5.88 Å². The van der Waals surface area contributed by atoms with Gasteiger partial charge in [-0.3, -0.25) is 4.79 Å². The zero-order chi connectivity index (χ0) is 23.5. The lowest BCUT2D eigenvalue weighted by atomic mass is 10.2. The molecule has 0 amide bonds. The highest BCUT2D eigenvalue weighted by Gasteiger charge is 2.07. The molecule has 0 spiro atoms. The number of carbonyl (C=O) groups is 1. The lowest BCUT2D eigenvalue weighted by molar-refractivity contribution is -0.109. The molecule has 3 rings (SSSR count). The molecular formula is C25H31Cl2NO3. The van der Waals surface area contributed by atoms with Gasteiger partial charge in [-0.1, -0.05) is 82.3 Å². The molecule has 0 aliphatic heterocycles. The predicted molar refractivity (Wildman–Crippen MR) is 132 cm³/mol. The molecule has 0 aromatic heterocycles. The van der Waals surface area contributed by atoms with E-state index in [1.54, 1.807) is 0 Å². The molecule has 0 unspecified atom stereocenters. The summed E-state index contributed by atoms with van der Waals surface area (Å²) in [7, 11) is 0. The summed E-state index contributed by atoms with van der Waals surface area (Å²) in [5, 5.41) is -0.508. The highest BCUT2D eigenvalue weighted by molar-refractivity contribution is 6.67. The molecule has 0 radical (unpaired) electrons. The molecule has 0 saturated heterocycles. The van der Waals surface area contributed by atoms with Gasteiger partial charge in [0.2, 0.25) is 5.24 Å². The molecule has 4 nitrogen and oxygen atoms in total. The van der Waals surface area contributed by atoms with Crippen LogP contribution in [0, 0.1) is 0 Å². The summed E-state index contributed by atoms with van der Waals surface area (Å²) < 4.78 is 11.7. The molecule has 168 valence electrons. The molecule has 0 fully saturated rings. The second kappa shape index (κ2) is 18.1. The van der Waals surface area contributed by atoms with E-state index in [4.69, 9.17) is 38.4 Å². The van der Waals surface area contributed by atoms with Gasteiger partial charge in [-0.15, -0.1) is 11.6 Å². The third-order valence-electron chi connectivity index (χ3n) is 3.33. The molecule has 0 aliphatic carbocycles. The molecule has 0 bridgehead atoms. The first-order valence-electron chi connectivity index (χ1n) is 10.1. The van der Waals surface area contributed by atoms with E-state index < -0.39 is 5.24 Å². The Morgan fingerprint density at radius 2 is 1.23 bits per heavy atom. The summed E-state index contributed by atoms with van der Waals surface area (Å²) in [5.41, 5.74) is 7.62. The van der Waals surface area contributed by atoms with Crippen LogP contribution in [0.1, 0.15) is 33.3 Å². The molecule has 0 aliphatic rings. The molecule has 3 aromatic carbocycles. The third-order valence-corrected chi connectivity index (χ3v) is 3.84. The summed E-state index contributed by atoms with van der Waals surface area (Å²) in [4.78, 5) is 9.45. The van der Waals surface area contributed by atoms with Crippen molar-refractivity contribution in [2.24, 2.45) is 0 Å². The Labute approximate surface area is 195 Å². The van der Waals surface area contributed by atoms with Gasteiger partial charge in [0, 0.05) is 0 Å². The maximum Gasteiger partial charge on any atom is 0.236 e. The van der Waals surface area contributed by atoms with Crippen molar-refractivity contribution >= 4 is 34.1 Å². The van der Waals surface area contributed by atoms with E-state index in [9.17, 15) is 4.79 Å². The number of para-hydroxylation sites is 4. The molecule has 2 N–H and O–H groups in total. The summed E-state index contributed by atoms with van der Waals surface area (Å²) in [6.45, 7) is 8.49. The van der Waals surface area contributed by atoms with Crippen LogP contribution in [0.5, 0.6) is 17.2 Å². The van der Waals surface area contributed by atoms with Crippen LogP contribution >= 0.6 is 23.2 Å². The first kappa shape index (κ1) is 28.3. The van der Waals surface area contributed by atoms with Gasteiger partial charge in [0.1, 0.15) is 6.61 Å². The summed E-state index contributed by atoms with van der Waals surface area (Å²) in [6.07, 6.45) is 0. The van der Waals surface area contributed by atoms with Crippen LogP contribution in [0.2, 0.25) is 0 Å². The minimum absolute atomic E-state index is 0.0957. The molecule has 0 atom stereocenters. The topological polar surface area (TPSA) is 61.6 Å². The monoisotopic (exact) mass is 463 g/mol. The molecule has 3 aromatic rings. The number of carbonyl (C=O) groups excluding carboxylic acids is 1. The summed E-state index contributed by atoms with van der Waals surface area (Å²) >= 11 is 9.55. The smallest absolute Gasteiger partial charge is 0.236 e. The van der Waals surface area contributed by atoms with Crippen molar-refractivity contribution in [3.63, 3.8) is 0 Å². The minimum atomic E-state index is -0.508. The van der Waals surface area contributed by atoms with Crippen LogP contribution in [-0.2, 0) is 11.4 Å². The SMILES string of the molecule is CC.CC.Nc1ccccc1Oc1ccccc1OCc1ccccc1.O=C(Cl)CCl. The second-order valence-electron chi connectivity index (χ2n) is 5.35. The van der Waals surface area contributed by atoms with Crippen LogP contribution in [-0.4, -0.2) is 11.1 Å². The van der Waals surface area contributed by atoms with Gasteiger partial charge in [-0.05, 0) is 41.4 Å². The van der Waals surface area contributed by atoms with Gasteiger partial charge >= 0.3 is 0 Å². The standard InChI is InChI=1S/C19H17NO2.C2H2Cl2O.2C2H6/c20-16-10-4-5-11-17(16)22-19-13-7-6-12-18(19)21-14-15-8-2-1-3-9-15;3-1-2(4)5;2*1-2/h1-13H,14,20H2;1H2;2*1-2H3. The van der Waals surface area contributed by atoms with Gasteiger partial charge < -0.3 is 15.2 Å². The van der Waals surface area contributed by atoms with Gasteiger partial charge in [0.15, 0.2) is 17.2 Å². The van der Waals surface area contributed by atoms with E-state index >= 15 is 0 Å². The Hall–Kier alpha value is -2.69. The van der Waals surface area contributed by atoms with Gasteiger partial charge in [-0.2, -0.15) is 0 Å². The van der Waals surface area contributed by atoms with Gasteiger partial charge in [0.25, 0.3) is 0 Å². The number of nitrogen functional groups attached to an aromatic ring is 1. The van der Waals surface area contributed by atoms with E-state index in [0.29, 0.717) is 29.5 Å². The fraction of sp³-hybridized carbons (Fsp3) is 0.240. The van der Waals surface area contributed by atoms with Crippen LogP contribution in [0.4, 0.5) is 5.69 Å². The van der Waals surface area contributed by atoms with Crippen LogP contribution in [0.3, 0.4) is 0 Å². The maximum absolute atomic E-state index is 9.45. The molecular weight excluding hydrogens is 433 g/mol. The van der Waals surface area contributed by atoms with E-state index in [0.717, 1.165) is 5.56 Å². The number of hydrogen-bond donors (Lipinski definition) is 1. The Kier molecular flexibility index (Phi) is 16.5. The first-order valence-corrected chi connectivity index (χ1v) is 11.0. The van der Waals surface area contributed by atoms with E-state index in [2.05, 4.69) is 0 Å². The van der Waals surface area contributed by atoms with Crippen LogP contribution in [0.25, 0.3) is 0 Å². The lowest BCUT2D eigenvalue weighted by Crippen LogP contribution is -1.98. The Bertz CT molecular complexity index is 858. The lowest BCUT2D eigenvalue weighted by Gasteiger charge is -2.13. The Morgan fingerprint density at radius 3 is 1.74 bits per heavy atom. The number of alkyl halides is 1. The van der Waals surface area contributed by atoms with Crippen LogP contribution < -0.4 is 15.2 Å². The highest BCUT2D eigenvalue weighted by atomic mass is 35.5. The van der Waals surface area contributed by atoms with E-state index in [1.165, 1.54) is 0 Å². The number of halogens is 2. The third kappa shape index (κ3) is 11.9. The van der Waals surface area contributed by atoms with Crippen molar-refractivity contribution < 1.29 is 14.3 Å². The quantitative estimate of drug-likeness (QED) is 0.231. The zero-order valence-corrected chi connectivity index (χ0v) is 20.0.